The summed E-state index contributed by atoms with van der Waals surface area (Å²) in [5, 5.41) is 17.0. The molecule has 0 N–H and O–H groups in total. The van der Waals surface area contributed by atoms with Gasteiger partial charge in [-0.1, -0.05) is 23.4 Å². The van der Waals surface area contributed by atoms with E-state index in [1.54, 1.807) is 49.6 Å². The summed E-state index contributed by atoms with van der Waals surface area (Å²) in [7, 11) is 1.55. The van der Waals surface area contributed by atoms with Crippen LogP contribution < -0.4 is 4.74 Å². The van der Waals surface area contributed by atoms with E-state index in [1.165, 1.54) is 10.7 Å². The summed E-state index contributed by atoms with van der Waals surface area (Å²) in [5.41, 5.74) is 1.28. The first-order valence-electron chi connectivity index (χ1n) is 6.49. The van der Waals surface area contributed by atoms with E-state index in [9.17, 15) is 9.65 Å². The van der Waals surface area contributed by atoms with E-state index in [0.29, 0.717) is 17.1 Å². The third-order valence-corrected chi connectivity index (χ3v) is 3.20. The fourth-order valence-electron chi connectivity index (χ4n) is 2.18. The van der Waals surface area contributed by atoms with Gasteiger partial charge in [0.2, 0.25) is 0 Å². The standard InChI is InChI=1S/C16H11FN4O/c1-22-12-6-4-5-11(9-12)21-16(15(10-18)19-20-21)13-7-2-3-8-14(13)17/h2-9H,1H3. The average Bonchev–Trinajstić information content (AvgIpc) is 2.99. The lowest BCUT2D eigenvalue weighted by atomic mass is 10.1. The minimum absolute atomic E-state index is 0.0629. The van der Waals surface area contributed by atoms with Crippen molar-refractivity contribution in [1.29, 1.82) is 5.26 Å². The van der Waals surface area contributed by atoms with Gasteiger partial charge in [-0.3, -0.25) is 0 Å². The van der Waals surface area contributed by atoms with Crippen molar-refractivity contribution in [1.82, 2.24) is 15.0 Å². The number of hydrogen-bond acceptors (Lipinski definition) is 4. The van der Waals surface area contributed by atoms with Crippen LogP contribution in [0.3, 0.4) is 0 Å². The lowest BCUT2D eigenvalue weighted by Crippen LogP contribution is -2.01. The molecule has 0 spiro atoms. The molecule has 0 saturated carbocycles. The number of halogens is 1. The Morgan fingerprint density at radius 3 is 2.73 bits per heavy atom. The van der Waals surface area contributed by atoms with Crippen molar-refractivity contribution in [2.75, 3.05) is 7.11 Å². The van der Waals surface area contributed by atoms with Gasteiger partial charge in [-0.2, -0.15) is 5.26 Å². The van der Waals surface area contributed by atoms with Crippen LogP contribution in [0.2, 0.25) is 0 Å². The molecule has 2 aromatic carbocycles. The minimum atomic E-state index is -0.439. The predicted octanol–water partition coefficient (Wildman–Crippen LogP) is 2.95. The van der Waals surface area contributed by atoms with Gasteiger partial charge in [-0.25, -0.2) is 9.07 Å². The quantitative estimate of drug-likeness (QED) is 0.745. The Balaban J connectivity index is 2.24. The zero-order valence-corrected chi connectivity index (χ0v) is 11.7. The first kappa shape index (κ1) is 13.8. The van der Waals surface area contributed by atoms with Crippen LogP contribution in [-0.2, 0) is 0 Å². The SMILES string of the molecule is COc1cccc(-n2nnc(C#N)c2-c2ccccc2F)c1. The fraction of sp³-hybridized carbons (Fsp3) is 0.0625. The molecule has 108 valence electrons. The van der Waals surface area contributed by atoms with E-state index in [1.807, 2.05) is 6.07 Å². The smallest absolute Gasteiger partial charge is 0.191 e. The maximum absolute atomic E-state index is 14.1. The third-order valence-electron chi connectivity index (χ3n) is 3.20. The number of nitrogens with zero attached hydrogens (tertiary/aromatic N) is 4. The maximum atomic E-state index is 14.1. The molecule has 22 heavy (non-hydrogen) atoms. The molecule has 3 rings (SSSR count). The lowest BCUT2D eigenvalue weighted by molar-refractivity contribution is 0.414. The molecule has 0 aliphatic heterocycles. The largest absolute Gasteiger partial charge is 0.497 e. The first-order valence-corrected chi connectivity index (χ1v) is 6.49. The number of rotatable bonds is 3. The Kier molecular flexibility index (Phi) is 3.54. The summed E-state index contributed by atoms with van der Waals surface area (Å²) < 4.78 is 20.7. The molecule has 0 bridgehead atoms. The maximum Gasteiger partial charge on any atom is 0.191 e. The van der Waals surface area contributed by atoms with Gasteiger partial charge in [0.05, 0.1) is 12.8 Å². The molecule has 0 radical (unpaired) electrons. The second-order valence-electron chi connectivity index (χ2n) is 4.49. The Morgan fingerprint density at radius 1 is 1.18 bits per heavy atom. The number of methoxy groups -OCH3 is 1. The molecular formula is C16H11FN4O. The molecule has 0 saturated heterocycles. The highest BCUT2D eigenvalue weighted by Gasteiger charge is 2.19. The molecule has 0 atom stereocenters. The normalized spacial score (nSPS) is 10.2. The first-order chi connectivity index (χ1) is 10.7. The van der Waals surface area contributed by atoms with E-state index in [2.05, 4.69) is 10.3 Å². The van der Waals surface area contributed by atoms with Crippen molar-refractivity contribution < 1.29 is 9.13 Å². The number of aromatic nitrogens is 3. The van der Waals surface area contributed by atoms with Crippen LogP contribution in [0.1, 0.15) is 5.69 Å². The second kappa shape index (κ2) is 5.66. The summed E-state index contributed by atoms with van der Waals surface area (Å²) in [6, 6.07) is 15.2. The van der Waals surface area contributed by atoms with Crippen LogP contribution in [-0.4, -0.2) is 22.1 Å². The Labute approximate surface area is 126 Å². The van der Waals surface area contributed by atoms with Gasteiger partial charge < -0.3 is 4.74 Å². The monoisotopic (exact) mass is 294 g/mol. The van der Waals surface area contributed by atoms with Crippen molar-refractivity contribution in [2.24, 2.45) is 0 Å². The van der Waals surface area contributed by atoms with Crippen LogP contribution in [0.4, 0.5) is 4.39 Å². The van der Waals surface area contributed by atoms with Crippen LogP contribution in [0.5, 0.6) is 5.75 Å². The van der Waals surface area contributed by atoms with E-state index in [0.717, 1.165) is 0 Å². The van der Waals surface area contributed by atoms with Gasteiger partial charge in [0.1, 0.15) is 23.3 Å². The average molecular weight is 294 g/mol. The summed E-state index contributed by atoms with van der Waals surface area (Å²) in [6.07, 6.45) is 0. The van der Waals surface area contributed by atoms with Gasteiger partial charge in [0.25, 0.3) is 0 Å². The molecule has 0 fully saturated rings. The topological polar surface area (TPSA) is 63.7 Å². The van der Waals surface area contributed by atoms with Crippen LogP contribution in [0, 0.1) is 17.1 Å². The van der Waals surface area contributed by atoms with Crippen LogP contribution in [0.15, 0.2) is 48.5 Å². The fourth-order valence-corrected chi connectivity index (χ4v) is 2.18. The Hall–Kier alpha value is -3.20. The lowest BCUT2D eigenvalue weighted by Gasteiger charge is -2.08. The minimum Gasteiger partial charge on any atom is -0.497 e. The summed E-state index contributed by atoms with van der Waals surface area (Å²) in [5.74, 6) is 0.191. The van der Waals surface area contributed by atoms with Crippen molar-refractivity contribution in [2.45, 2.75) is 0 Å². The molecule has 0 amide bonds. The van der Waals surface area contributed by atoms with Crippen LogP contribution in [0.25, 0.3) is 16.9 Å². The van der Waals surface area contributed by atoms with Gasteiger partial charge in [0, 0.05) is 11.6 Å². The molecule has 0 unspecified atom stereocenters. The molecule has 1 aromatic heterocycles. The summed E-state index contributed by atoms with van der Waals surface area (Å²) >= 11 is 0. The number of nitriles is 1. The molecule has 0 aliphatic rings. The van der Waals surface area contributed by atoms with E-state index in [-0.39, 0.29) is 11.3 Å². The highest BCUT2D eigenvalue weighted by molar-refractivity contribution is 5.67. The highest BCUT2D eigenvalue weighted by Crippen LogP contribution is 2.28. The van der Waals surface area contributed by atoms with Crippen molar-refractivity contribution in [3.05, 3.63) is 60.0 Å². The van der Waals surface area contributed by atoms with Gasteiger partial charge in [-0.15, -0.1) is 5.10 Å². The molecular weight excluding hydrogens is 283 g/mol. The molecule has 3 aromatic rings. The Bertz CT molecular complexity index is 867. The zero-order chi connectivity index (χ0) is 15.5. The summed E-state index contributed by atoms with van der Waals surface area (Å²) in [4.78, 5) is 0. The van der Waals surface area contributed by atoms with Gasteiger partial charge in [0.15, 0.2) is 5.69 Å². The van der Waals surface area contributed by atoms with Gasteiger partial charge in [-0.05, 0) is 24.3 Å². The van der Waals surface area contributed by atoms with Crippen molar-refractivity contribution in [3.8, 4) is 28.8 Å². The number of ether oxygens (including phenoxy) is 1. The predicted molar refractivity (Wildman–Crippen MR) is 78.0 cm³/mol. The molecule has 1 heterocycles. The highest BCUT2D eigenvalue weighted by atomic mass is 19.1. The molecule has 5 nitrogen and oxygen atoms in total. The number of hydrogen-bond donors (Lipinski definition) is 0. The molecule has 6 heteroatoms. The molecule has 0 aliphatic carbocycles. The van der Waals surface area contributed by atoms with E-state index in [4.69, 9.17) is 4.74 Å². The zero-order valence-electron chi connectivity index (χ0n) is 11.7. The van der Waals surface area contributed by atoms with Crippen molar-refractivity contribution in [3.63, 3.8) is 0 Å². The Morgan fingerprint density at radius 2 is 2.00 bits per heavy atom. The van der Waals surface area contributed by atoms with Gasteiger partial charge >= 0.3 is 0 Å². The van der Waals surface area contributed by atoms with E-state index >= 15 is 0 Å². The second-order valence-corrected chi connectivity index (χ2v) is 4.49. The van der Waals surface area contributed by atoms with Crippen LogP contribution >= 0.6 is 0 Å². The van der Waals surface area contributed by atoms with E-state index < -0.39 is 5.82 Å². The number of benzene rings is 2. The third kappa shape index (κ3) is 2.29. The van der Waals surface area contributed by atoms with Crippen molar-refractivity contribution >= 4 is 0 Å². The summed E-state index contributed by atoms with van der Waals surface area (Å²) in [6.45, 7) is 0.